The number of rotatable bonds is 5. The van der Waals surface area contributed by atoms with E-state index >= 15 is 0 Å². The zero-order valence-electron chi connectivity index (χ0n) is 7.85. The van der Waals surface area contributed by atoms with E-state index in [1.807, 2.05) is 6.92 Å². The van der Waals surface area contributed by atoms with Crippen molar-refractivity contribution in [1.29, 1.82) is 0 Å². The Labute approximate surface area is 70.2 Å². The SMILES string of the molecule is C=C(C)NC/C=C/C(C)CC. The monoisotopic (exact) mass is 153 g/mol. The van der Waals surface area contributed by atoms with E-state index in [1.165, 1.54) is 6.42 Å². The van der Waals surface area contributed by atoms with Crippen molar-refractivity contribution in [1.82, 2.24) is 5.32 Å². The van der Waals surface area contributed by atoms with Gasteiger partial charge in [-0.25, -0.2) is 0 Å². The molecule has 0 aliphatic rings. The summed E-state index contributed by atoms with van der Waals surface area (Å²) in [6.45, 7) is 11.0. The molecule has 0 aromatic heterocycles. The third-order valence-corrected chi connectivity index (χ3v) is 1.63. The fourth-order valence-electron chi connectivity index (χ4n) is 0.670. The van der Waals surface area contributed by atoms with E-state index in [1.54, 1.807) is 0 Å². The number of allylic oxidation sites excluding steroid dienone is 2. The molecule has 64 valence electrons. The molecular weight excluding hydrogens is 134 g/mol. The second kappa shape index (κ2) is 6.02. The molecule has 0 aromatic carbocycles. The Morgan fingerprint density at radius 2 is 2.27 bits per heavy atom. The summed E-state index contributed by atoms with van der Waals surface area (Å²) < 4.78 is 0. The van der Waals surface area contributed by atoms with Crippen molar-refractivity contribution >= 4 is 0 Å². The minimum atomic E-state index is 0.696. The average Bonchev–Trinajstić information content (AvgIpc) is 1.97. The molecule has 1 atom stereocenters. The molecule has 0 aliphatic heterocycles. The van der Waals surface area contributed by atoms with Crippen molar-refractivity contribution in [3.8, 4) is 0 Å². The van der Waals surface area contributed by atoms with Crippen LogP contribution < -0.4 is 5.32 Å². The molecule has 0 amide bonds. The number of hydrogen-bond acceptors (Lipinski definition) is 1. The topological polar surface area (TPSA) is 12.0 Å². The van der Waals surface area contributed by atoms with Gasteiger partial charge in [0.25, 0.3) is 0 Å². The van der Waals surface area contributed by atoms with Crippen molar-refractivity contribution < 1.29 is 0 Å². The Balaban J connectivity index is 3.36. The van der Waals surface area contributed by atoms with Gasteiger partial charge in [0.1, 0.15) is 0 Å². The van der Waals surface area contributed by atoms with Gasteiger partial charge in [-0.15, -0.1) is 0 Å². The van der Waals surface area contributed by atoms with Gasteiger partial charge in [0.05, 0.1) is 0 Å². The highest BCUT2D eigenvalue weighted by Gasteiger charge is 1.88. The lowest BCUT2D eigenvalue weighted by atomic mass is 10.1. The second-order valence-corrected chi connectivity index (χ2v) is 2.97. The highest BCUT2D eigenvalue weighted by Crippen LogP contribution is 2.00. The van der Waals surface area contributed by atoms with Gasteiger partial charge in [-0.05, 0) is 12.8 Å². The first kappa shape index (κ1) is 10.3. The zero-order chi connectivity index (χ0) is 8.69. The molecule has 0 aromatic rings. The Hall–Kier alpha value is -0.720. The lowest BCUT2D eigenvalue weighted by Crippen LogP contribution is -2.09. The number of nitrogens with one attached hydrogen (secondary N) is 1. The average molecular weight is 153 g/mol. The van der Waals surface area contributed by atoms with Crippen molar-refractivity contribution in [2.45, 2.75) is 27.2 Å². The summed E-state index contributed by atoms with van der Waals surface area (Å²) in [5.74, 6) is 0.696. The second-order valence-electron chi connectivity index (χ2n) is 2.97. The largest absolute Gasteiger partial charge is 0.386 e. The van der Waals surface area contributed by atoms with Crippen LogP contribution in [0.3, 0.4) is 0 Å². The Morgan fingerprint density at radius 3 is 2.73 bits per heavy atom. The van der Waals surface area contributed by atoms with Gasteiger partial charge in [-0.1, -0.05) is 39.0 Å². The van der Waals surface area contributed by atoms with E-state index in [0.717, 1.165) is 12.2 Å². The van der Waals surface area contributed by atoms with Gasteiger partial charge >= 0.3 is 0 Å². The maximum absolute atomic E-state index is 3.75. The standard InChI is InChI=1S/C10H19N/c1-5-10(4)7-6-8-11-9(2)3/h6-7,10-11H,2,5,8H2,1,3-4H3/b7-6+. The molecule has 0 spiro atoms. The minimum Gasteiger partial charge on any atom is -0.386 e. The van der Waals surface area contributed by atoms with Crippen LogP contribution in [-0.4, -0.2) is 6.54 Å². The molecular formula is C10H19N. The third kappa shape index (κ3) is 7.17. The van der Waals surface area contributed by atoms with E-state index in [-0.39, 0.29) is 0 Å². The van der Waals surface area contributed by atoms with Gasteiger partial charge in [-0.2, -0.15) is 0 Å². The first-order chi connectivity index (χ1) is 5.16. The minimum absolute atomic E-state index is 0.696. The van der Waals surface area contributed by atoms with Crippen LogP contribution in [0, 0.1) is 5.92 Å². The fraction of sp³-hybridized carbons (Fsp3) is 0.600. The molecule has 0 saturated carbocycles. The van der Waals surface area contributed by atoms with Gasteiger partial charge in [0, 0.05) is 12.2 Å². The van der Waals surface area contributed by atoms with Gasteiger partial charge in [0.2, 0.25) is 0 Å². The smallest absolute Gasteiger partial charge is 0.0327 e. The molecule has 0 bridgehead atoms. The molecule has 1 unspecified atom stereocenters. The first-order valence-corrected chi connectivity index (χ1v) is 4.22. The summed E-state index contributed by atoms with van der Waals surface area (Å²) >= 11 is 0. The van der Waals surface area contributed by atoms with Crippen LogP contribution in [0.5, 0.6) is 0 Å². The summed E-state index contributed by atoms with van der Waals surface area (Å²) in [6.07, 6.45) is 5.60. The molecule has 0 rings (SSSR count). The third-order valence-electron chi connectivity index (χ3n) is 1.63. The zero-order valence-corrected chi connectivity index (χ0v) is 7.85. The summed E-state index contributed by atoms with van der Waals surface area (Å²) in [7, 11) is 0. The predicted octanol–water partition coefficient (Wildman–Crippen LogP) is 2.71. The Morgan fingerprint density at radius 1 is 1.64 bits per heavy atom. The molecule has 1 nitrogen and oxygen atoms in total. The van der Waals surface area contributed by atoms with Crippen LogP contribution in [0.4, 0.5) is 0 Å². The Bertz CT molecular complexity index is 136. The molecule has 0 radical (unpaired) electrons. The highest BCUT2D eigenvalue weighted by atomic mass is 14.8. The summed E-state index contributed by atoms with van der Waals surface area (Å²) in [5, 5.41) is 3.14. The number of hydrogen-bond donors (Lipinski definition) is 1. The molecule has 0 fully saturated rings. The van der Waals surface area contributed by atoms with Crippen LogP contribution >= 0.6 is 0 Å². The van der Waals surface area contributed by atoms with E-state index in [2.05, 4.69) is 37.9 Å². The van der Waals surface area contributed by atoms with E-state index in [9.17, 15) is 0 Å². The quantitative estimate of drug-likeness (QED) is 0.599. The molecule has 1 heteroatoms. The normalized spacial score (nSPS) is 13.4. The van der Waals surface area contributed by atoms with Crippen LogP contribution in [0.15, 0.2) is 24.4 Å². The van der Waals surface area contributed by atoms with E-state index in [0.29, 0.717) is 5.92 Å². The van der Waals surface area contributed by atoms with Crippen LogP contribution in [-0.2, 0) is 0 Å². The van der Waals surface area contributed by atoms with Crippen molar-refractivity contribution in [2.75, 3.05) is 6.54 Å². The summed E-state index contributed by atoms with van der Waals surface area (Å²) in [6, 6.07) is 0. The van der Waals surface area contributed by atoms with Gasteiger partial charge in [-0.3, -0.25) is 0 Å². The summed E-state index contributed by atoms with van der Waals surface area (Å²) in [5.41, 5.74) is 1.03. The molecule has 11 heavy (non-hydrogen) atoms. The molecule has 0 saturated heterocycles. The van der Waals surface area contributed by atoms with Gasteiger partial charge in [0.15, 0.2) is 0 Å². The maximum atomic E-state index is 3.75. The predicted molar refractivity (Wildman–Crippen MR) is 51.4 cm³/mol. The van der Waals surface area contributed by atoms with Crippen molar-refractivity contribution in [3.63, 3.8) is 0 Å². The Kier molecular flexibility index (Phi) is 5.63. The molecule has 1 N–H and O–H groups in total. The van der Waals surface area contributed by atoms with Crippen LogP contribution in [0.25, 0.3) is 0 Å². The van der Waals surface area contributed by atoms with E-state index < -0.39 is 0 Å². The molecule has 0 heterocycles. The maximum Gasteiger partial charge on any atom is 0.0327 e. The van der Waals surface area contributed by atoms with Crippen molar-refractivity contribution in [3.05, 3.63) is 24.4 Å². The van der Waals surface area contributed by atoms with Crippen LogP contribution in [0.2, 0.25) is 0 Å². The molecule has 0 aliphatic carbocycles. The summed E-state index contributed by atoms with van der Waals surface area (Å²) in [4.78, 5) is 0. The first-order valence-electron chi connectivity index (χ1n) is 4.22. The highest BCUT2D eigenvalue weighted by molar-refractivity contribution is 4.93. The van der Waals surface area contributed by atoms with Crippen molar-refractivity contribution in [2.24, 2.45) is 5.92 Å². The van der Waals surface area contributed by atoms with Gasteiger partial charge < -0.3 is 5.32 Å². The van der Waals surface area contributed by atoms with Crippen LogP contribution in [0.1, 0.15) is 27.2 Å². The lowest BCUT2D eigenvalue weighted by molar-refractivity contribution is 0.694. The lowest BCUT2D eigenvalue weighted by Gasteiger charge is -2.01. The van der Waals surface area contributed by atoms with E-state index in [4.69, 9.17) is 0 Å². The fourth-order valence-corrected chi connectivity index (χ4v) is 0.670.